The molecule has 0 aliphatic carbocycles. The van der Waals surface area contributed by atoms with Gasteiger partial charge in [-0.1, -0.05) is 6.07 Å². The molecule has 4 heteroatoms. The molecule has 16 heavy (non-hydrogen) atoms. The van der Waals surface area contributed by atoms with Gasteiger partial charge in [0.25, 0.3) is 0 Å². The second kappa shape index (κ2) is 5.94. The molecule has 1 atom stereocenters. The van der Waals surface area contributed by atoms with Crippen molar-refractivity contribution in [3.63, 3.8) is 0 Å². The normalized spacial score (nSPS) is 13.1. The molecular formula is C12H18FNO2. The van der Waals surface area contributed by atoms with Crippen LogP contribution in [-0.2, 0) is 9.47 Å². The second-order valence-electron chi connectivity index (χ2n) is 3.67. The highest BCUT2D eigenvalue weighted by Crippen LogP contribution is 2.21. The molecule has 90 valence electrons. The number of hydrogen-bond donors (Lipinski definition) is 1. The molecule has 0 aromatic heterocycles. The summed E-state index contributed by atoms with van der Waals surface area (Å²) in [6.45, 7) is 1.86. The molecule has 0 radical (unpaired) electrons. The van der Waals surface area contributed by atoms with Gasteiger partial charge in [0.05, 0.1) is 6.04 Å². The van der Waals surface area contributed by atoms with Gasteiger partial charge in [-0.3, -0.25) is 0 Å². The smallest absolute Gasteiger partial charge is 0.176 e. The van der Waals surface area contributed by atoms with E-state index in [9.17, 15) is 4.39 Å². The van der Waals surface area contributed by atoms with Crippen LogP contribution in [0.25, 0.3) is 0 Å². The quantitative estimate of drug-likeness (QED) is 0.781. The lowest BCUT2D eigenvalue weighted by Crippen LogP contribution is -2.32. The standard InChI is InChI=1S/C12H18FNO2/c1-8-5-9(7-10(13)6-8)11(14-2)12(15-3)16-4/h5-7,11-12,14H,1-4H3. The predicted octanol–water partition coefficient (Wildman–Crippen LogP) is 2.01. The molecule has 0 saturated carbocycles. The van der Waals surface area contributed by atoms with Gasteiger partial charge in [0.2, 0.25) is 0 Å². The highest BCUT2D eigenvalue weighted by atomic mass is 19.1. The van der Waals surface area contributed by atoms with E-state index in [1.807, 2.05) is 13.0 Å². The van der Waals surface area contributed by atoms with Crippen LogP contribution in [-0.4, -0.2) is 27.6 Å². The molecule has 1 rings (SSSR count). The molecule has 0 amide bonds. The molecule has 0 heterocycles. The van der Waals surface area contributed by atoms with Crippen LogP contribution in [0.3, 0.4) is 0 Å². The summed E-state index contributed by atoms with van der Waals surface area (Å²) in [7, 11) is 4.91. The highest BCUT2D eigenvalue weighted by molar-refractivity contribution is 5.26. The summed E-state index contributed by atoms with van der Waals surface area (Å²) in [6.07, 6.45) is -0.439. The number of nitrogens with one attached hydrogen (secondary N) is 1. The topological polar surface area (TPSA) is 30.5 Å². The Hall–Kier alpha value is -0.970. The van der Waals surface area contributed by atoms with Crippen LogP contribution in [0.4, 0.5) is 4.39 Å². The van der Waals surface area contributed by atoms with E-state index in [0.717, 1.165) is 11.1 Å². The van der Waals surface area contributed by atoms with Crippen molar-refractivity contribution in [2.45, 2.75) is 19.3 Å². The Morgan fingerprint density at radius 1 is 1.19 bits per heavy atom. The first kappa shape index (κ1) is 13.1. The highest BCUT2D eigenvalue weighted by Gasteiger charge is 2.21. The summed E-state index contributed by atoms with van der Waals surface area (Å²) in [4.78, 5) is 0. The lowest BCUT2D eigenvalue weighted by atomic mass is 10.0. The zero-order chi connectivity index (χ0) is 12.1. The number of rotatable bonds is 5. The average molecular weight is 227 g/mol. The number of likely N-dealkylation sites (N-methyl/N-ethyl adjacent to an activating group) is 1. The molecule has 1 aromatic carbocycles. The Kier molecular flexibility index (Phi) is 4.86. The van der Waals surface area contributed by atoms with E-state index >= 15 is 0 Å². The Labute approximate surface area is 95.6 Å². The monoisotopic (exact) mass is 227 g/mol. The minimum Gasteiger partial charge on any atom is -0.354 e. The van der Waals surface area contributed by atoms with Crippen molar-refractivity contribution in [2.24, 2.45) is 0 Å². The van der Waals surface area contributed by atoms with Crippen LogP contribution >= 0.6 is 0 Å². The van der Waals surface area contributed by atoms with E-state index in [0.29, 0.717) is 0 Å². The minimum atomic E-state index is -0.439. The van der Waals surface area contributed by atoms with Crippen LogP contribution in [0.15, 0.2) is 18.2 Å². The van der Waals surface area contributed by atoms with Gasteiger partial charge in [-0.25, -0.2) is 4.39 Å². The molecule has 1 N–H and O–H groups in total. The molecule has 0 spiro atoms. The summed E-state index contributed by atoms with van der Waals surface area (Å²) in [6, 6.07) is 4.70. The fourth-order valence-corrected chi connectivity index (χ4v) is 1.77. The molecule has 0 bridgehead atoms. The fourth-order valence-electron chi connectivity index (χ4n) is 1.77. The largest absolute Gasteiger partial charge is 0.354 e. The Morgan fingerprint density at radius 3 is 2.25 bits per heavy atom. The second-order valence-corrected chi connectivity index (χ2v) is 3.67. The van der Waals surface area contributed by atoms with Gasteiger partial charge >= 0.3 is 0 Å². The molecule has 0 fully saturated rings. The predicted molar refractivity (Wildman–Crippen MR) is 60.7 cm³/mol. The lowest BCUT2D eigenvalue weighted by Gasteiger charge is -2.25. The van der Waals surface area contributed by atoms with Crippen molar-refractivity contribution in [1.82, 2.24) is 5.32 Å². The summed E-state index contributed by atoms with van der Waals surface area (Å²) < 4.78 is 23.6. The zero-order valence-corrected chi connectivity index (χ0v) is 10.1. The number of methoxy groups -OCH3 is 2. The van der Waals surface area contributed by atoms with Gasteiger partial charge in [-0.05, 0) is 37.2 Å². The number of benzene rings is 1. The van der Waals surface area contributed by atoms with E-state index in [4.69, 9.17) is 9.47 Å². The molecule has 0 aliphatic rings. The first-order valence-electron chi connectivity index (χ1n) is 5.12. The van der Waals surface area contributed by atoms with E-state index < -0.39 is 6.29 Å². The SMILES string of the molecule is CNC(c1cc(C)cc(F)c1)C(OC)OC. The number of hydrogen-bond acceptors (Lipinski definition) is 3. The molecule has 3 nitrogen and oxygen atoms in total. The van der Waals surface area contributed by atoms with Gasteiger partial charge in [-0.15, -0.1) is 0 Å². The third kappa shape index (κ3) is 3.01. The summed E-state index contributed by atoms with van der Waals surface area (Å²) in [5, 5.41) is 3.06. The third-order valence-corrected chi connectivity index (χ3v) is 2.47. The first-order valence-corrected chi connectivity index (χ1v) is 5.12. The van der Waals surface area contributed by atoms with Gasteiger partial charge in [0.1, 0.15) is 5.82 Å². The van der Waals surface area contributed by atoms with E-state index in [2.05, 4.69) is 5.32 Å². The Bertz CT molecular complexity index is 320. The van der Waals surface area contributed by atoms with Crippen molar-refractivity contribution in [3.05, 3.63) is 35.1 Å². The van der Waals surface area contributed by atoms with Crippen molar-refractivity contribution in [3.8, 4) is 0 Å². The summed E-state index contributed by atoms with van der Waals surface area (Å²) in [5.74, 6) is -0.249. The molecule has 1 aromatic rings. The van der Waals surface area contributed by atoms with Gasteiger partial charge in [-0.2, -0.15) is 0 Å². The van der Waals surface area contributed by atoms with Crippen LogP contribution < -0.4 is 5.32 Å². The molecule has 0 saturated heterocycles. The van der Waals surface area contributed by atoms with E-state index in [-0.39, 0.29) is 11.9 Å². The minimum absolute atomic E-state index is 0.190. The van der Waals surface area contributed by atoms with Crippen LogP contribution in [0, 0.1) is 12.7 Å². The Morgan fingerprint density at radius 2 is 1.81 bits per heavy atom. The molecular weight excluding hydrogens is 209 g/mol. The average Bonchev–Trinajstić information content (AvgIpc) is 2.24. The summed E-state index contributed by atoms with van der Waals surface area (Å²) in [5.41, 5.74) is 1.69. The fraction of sp³-hybridized carbons (Fsp3) is 0.500. The van der Waals surface area contributed by atoms with Crippen molar-refractivity contribution >= 4 is 0 Å². The van der Waals surface area contributed by atoms with Gasteiger partial charge < -0.3 is 14.8 Å². The van der Waals surface area contributed by atoms with E-state index in [1.54, 1.807) is 21.3 Å². The van der Waals surface area contributed by atoms with Crippen molar-refractivity contribution < 1.29 is 13.9 Å². The van der Waals surface area contributed by atoms with E-state index in [1.165, 1.54) is 12.1 Å². The summed E-state index contributed by atoms with van der Waals surface area (Å²) >= 11 is 0. The maximum absolute atomic E-state index is 13.3. The van der Waals surface area contributed by atoms with Crippen molar-refractivity contribution in [2.75, 3.05) is 21.3 Å². The van der Waals surface area contributed by atoms with Gasteiger partial charge in [0.15, 0.2) is 6.29 Å². The molecule has 1 unspecified atom stereocenters. The number of ether oxygens (including phenoxy) is 2. The maximum atomic E-state index is 13.3. The number of halogens is 1. The zero-order valence-electron chi connectivity index (χ0n) is 10.1. The van der Waals surface area contributed by atoms with Crippen LogP contribution in [0.5, 0.6) is 0 Å². The molecule has 0 aliphatic heterocycles. The van der Waals surface area contributed by atoms with Gasteiger partial charge in [0, 0.05) is 14.2 Å². The Balaban J connectivity index is 3.02. The van der Waals surface area contributed by atoms with Crippen LogP contribution in [0.2, 0.25) is 0 Å². The van der Waals surface area contributed by atoms with Crippen molar-refractivity contribution in [1.29, 1.82) is 0 Å². The lowest BCUT2D eigenvalue weighted by molar-refractivity contribution is -0.123. The van der Waals surface area contributed by atoms with Crippen LogP contribution in [0.1, 0.15) is 17.2 Å². The first-order chi connectivity index (χ1) is 7.62. The maximum Gasteiger partial charge on any atom is 0.176 e. The number of aryl methyl sites for hydroxylation is 1. The third-order valence-electron chi connectivity index (χ3n) is 2.47.